The summed E-state index contributed by atoms with van der Waals surface area (Å²) < 4.78 is 0. The van der Waals surface area contributed by atoms with Gasteiger partial charge in [0.05, 0.1) is 11.9 Å². The third-order valence-corrected chi connectivity index (χ3v) is 3.58. The predicted octanol–water partition coefficient (Wildman–Crippen LogP) is 3.61. The maximum atomic E-state index is 5.84. The van der Waals surface area contributed by atoms with E-state index < -0.39 is 0 Å². The molecule has 4 heteroatoms. The minimum absolute atomic E-state index is 0.446. The maximum absolute atomic E-state index is 5.84. The zero-order chi connectivity index (χ0) is 15.1. The molecule has 0 aliphatic rings. The topological polar surface area (TPSA) is 42.2 Å². The highest BCUT2D eigenvalue weighted by Gasteiger charge is 2.14. The highest BCUT2D eigenvalue weighted by molar-refractivity contribution is 7.80. The first kappa shape index (κ1) is 16.9. The van der Waals surface area contributed by atoms with Crippen molar-refractivity contribution in [3.8, 4) is 0 Å². The molecule has 1 aromatic rings. The molecule has 20 heavy (non-hydrogen) atoms. The van der Waals surface area contributed by atoms with Crippen LogP contribution in [0, 0.1) is 11.8 Å². The van der Waals surface area contributed by atoms with E-state index in [1.165, 1.54) is 0 Å². The van der Waals surface area contributed by atoms with Crippen molar-refractivity contribution in [2.45, 2.75) is 40.5 Å². The number of anilines is 1. The Morgan fingerprint density at radius 2 is 1.75 bits per heavy atom. The molecule has 112 valence electrons. The van der Waals surface area contributed by atoms with Crippen LogP contribution in [0.5, 0.6) is 0 Å². The van der Waals surface area contributed by atoms with Crippen LogP contribution >= 0.6 is 12.2 Å². The summed E-state index contributed by atoms with van der Waals surface area (Å²) in [6.07, 6.45) is 5.95. The van der Waals surface area contributed by atoms with Crippen LogP contribution in [-0.4, -0.2) is 23.1 Å². The fraction of sp³-hybridized carbons (Fsp3) is 0.625. The average Bonchev–Trinajstić information content (AvgIpc) is 2.38. The third-order valence-electron chi connectivity index (χ3n) is 3.36. The van der Waals surface area contributed by atoms with E-state index in [0.29, 0.717) is 16.8 Å². The molecule has 2 N–H and O–H groups in total. The van der Waals surface area contributed by atoms with Gasteiger partial charge in [-0.3, -0.25) is 4.98 Å². The number of nitrogens with zero attached hydrogens (tertiary/aromatic N) is 2. The average molecular weight is 293 g/mol. The molecular weight excluding hydrogens is 266 g/mol. The Kier molecular flexibility index (Phi) is 6.93. The van der Waals surface area contributed by atoms with Crippen LogP contribution in [0.4, 0.5) is 5.69 Å². The van der Waals surface area contributed by atoms with Gasteiger partial charge in [0.15, 0.2) is 0 Å². The van der Waals surface area contributed by atoms with Gasteiger partial charge in [-0.15, -0.1) is 0 Å². The van der Waals surface area contributed by atoms with Gasteiger partial charge in [-0.25, -0.2) is 0 Å². The van der Waals surface area contributed by atoms with Gasteiger partial charge in [0.1, 0.15) is 4.99 Å². The number of nitrogens with two attached hydrogens (primary N) is 1. The van der Waals surface area contributed by atoms with E-state index in [2.05, 4.69) is 37.6 Å². The second-order valence-electron chi connectivity index (χ2n) is 6.11. The smallest absolute Gasteiger partial charge is 0.106 e. The van der Waals surface area contributed by atoms with Gasteiger partial charge in [-0.05, 0) is 30.7 Å². The molecule has 0 atom stereocenters. The van der Waals surface area contributed by atoms with Crippen molar-refractivity contribution in [1.29, 1.82) is 0 Å². The number of hydrogen-bond acceptors (Lipinski definition) is 3. The number of pyridine rings is 1. The van der Waals surface area contributed by atoms with Crippen LogP contribution in [0.3, 0.4) is 0 Å². The number of hydrogen-bond donors (Lipinski definition) is 1. The first-order chi connectivity index (χ1) is 9.41. The molecular formula is C16H27N3S. The fourth-order valence-corrected chi connectivity index (χ4v) is 2.20. The van der Waals surface area contributed by atoms with Gasteiger partial charge in [0, 0.05) is 24.8 Å². The molecule has 3 nitrogen and oxygen atoms in total. The Bertz CT molecular complexity index is 417. The molecule has 1 heterocycles. The van der Waals surface area contributed by atoms with Gasteiger partial charge in [0.2, 0.25) is 0 Å². The molecule has 0 bridgehead atoms. The van der Waals surface area contributed by atoms with Gasteiger partial charge in [-0.1, -0.05) is 39.9 Å². The third kappa shape index (κ3) is 5.45. The first-order valence-electron chi connectivity index (χ1n) is 7.40. The molecule has 0 fully saturated rings. The van der Waals surface area contributed by atoms with Crippen LogP contribution < -0.4 is 10.6 Å². The minimum Gasteiger partial charge on any atom is -0.389 e. The molecule has 0 aliphatic heterocycles. The van der Waals surface area contributed by atoms with Crippen molar-refractivity contribution in [3.05, 3.63) is 24.0 Å². The second-order valence-corrected chi connectivity index (χ2v) is 6.55. The summed E-state index contributed by atoms with van der Waals surface area (Å²) >= 11 is 5.16. The minimum atomic E-state index is 0.446. The lowest BCUT2D eigenvalue weighted by Gasteiger charge is -2.28. The van der Waals surface area contributed by atoms with Crippen LogP contribution in [-0.2, 0) is 0 Å². The number of aromatic nitrogens is 1. The van der Waals surface area contributed by atoms with Crippen molar-refractivity contribution in [3.63, 3.8) is 0 Å². The zero-order valence-electron chi connectivity index (χ0n) is 13.1. The largest absolute Gasteiger partial charge is 0.389 e. The summed E-state index contributed by atoms with van der Waals surface area (Å²) in [5, 5.41) is 0. The van der Waals surface area contributed by atoms with Crippen LogP contribution in [0.15, 0.2) is 18.5 Å². The Morgan fingerprint density at radius 1 is 1.20 bits per heavy atom. The van der Waals surface area contributed by atoms with Gasteiger partial charge < -0.3 is 10.6 Å². The number of thiocarbonyl (C=S) groups is 1. The highest BCUT2D eigenvalue weighted by atomic mass is 32.1. The molecule has 1 rings (SSSR count). The summed E-state index contributed by atoms with van der Waals surface area (Å²) in [5.41, 5.74) is 7.84. The Labute approximate surface area is 128 Å². The highest BCUT2D eigenvalue weighted by Crippen LogP contribution is 2.21. The van der Waals surface area contributed by atoms with Gasteiger partial charge >= 0.3 is 0 Å². The van der Waals surface area contributed by atoms with Crippen LogP contribution in [0.2, 0.25) is 0 Å². The summed E-state index contributed by atoms with van der Waals surface area (Å²) in [5.74, 6) is 1.36. The molecule has 0 saturated carbocycles. The summed E-state index contributed by atoms with van der Waals surface area (Å²) in [6.45, 7) is 11.0. The van der Waals surface area contributed by atoms with E-state index in [1.54, 1.807) is 6.20 Å². The van der Waals surface area contributed by atoms with Crippen molar-refractivity contribution < 1.29 is 0 Å². The Hall–Kier alpha value is -1.16. The molecule has 0 radical (unpaired) electrons. The van der Waals surface area contributed by atoms with Crippen molar-refractivity contribution in [2.24, 2.45) is 17.6 Å². The quantitative estimate of drug-likeness (QED) is 0.743. The van der Waals surface area contributed by atoms with E-state index >= 15 is 0 Å². The van der Waals surface area contributed by atoms with Gasteiger partial charge in [0.25, 0.3) is 0 Å². The molecule has 0 spiro atoms. The second kappa shape index (κ2) is 8.20. The Balaban J connectivity index is 2.93. The molecule has 0 aromatic carbocycles. The van der Waals surface area contributed by atoms with E-state index in [1.807, 2.05) is 12.3 Å². The van der Waals surface area contributed by atoms with Crippen molar-refractivity contribution in [2.75, 3.05) is 18.0 Å². The monoisotopic (exact) mass is 293 g/mol. The molecule has 1 aromatic heterocycles. The lowest BCUT2D eigenvalue weighted by atomic mass is 10.1. The fourth-order valence-electron chi connectivity index (χ4n) is 2.03. The van der Waals surface area contributed by atoms with Crippen LogP contribution in [0.1, 0.15) is 46.1 Å². The SMILES string of the molecule is CC(C)CCN(CCC(C)C)c1cnccc1C(N)=S. The van der Waals surface area contributed by atoms with Crippen molar-refractivity contribution in [1.82, 2.24) is 4.98 Å². The van der Waals surface area contributed by atoms with Crippen molar-refractivity contribution >= 4 is 22.9 Å². The zero-order valence-corrected chi connectivity index (χ0v) is 13.9. The molecule has 0 amide bonds. The molecule has 0 aliphatic carbocycles. The Morgan fingerprint density at radius 3 is 2.20 bits per heavy atom. The van der Waals surface area contributed by atoms with E-state index in [0.717, 1.165) is 37.2 Å². The van der Waals surface area contributed by atoms with E-state index in [4.69, 9.17) is 18.0 Å². The normalized spacial score (nSPS) is 11.1. The van der Waals surface area contributed by atoms with E-state index in [-0.39, 0.29) is 0 Å². The van der Waals surface area contributed by atoms with Crippen LogP contribution in [0.25, 0.3) is 0 Å². The molecule has 0 unspecified atom stereocenters. The standard InChI is InChI=1S/C16H27N3S/c1-12(2)6-9-19(10-7-13(3)4)15-11-18-8-5-14(15)16(17)20/h5,8,11-13H,6-7,9-10H2,1-4H3,(H2,17,20). The van der Waals surface area contributed by atoms with E-state index in [9.17, 15) is 0 Å². The first-order valence-corrected chi connectivity index (χ1v) is 7.81. The summed E-state index contributed by atoms with van der Waals surface area (Å²) in [4.78, 5) is 7.07. The summed E-state index contributed by atoms with van der Waals surface area (Å²) in [7, 11) is 0. The summed E-state index contributed by atoms with van der Waals surface area (Å²) in [6, 6.07) is 1.91. The predicted molar refractivity (Wildman–Crippen MR) is 91.2 cm³/mol. The number of rotatable bonds is 8. The lowest BCUT2D eigenvalue weighted by Crippen LogP contribution is -2.30. The maximum Gasteiger partial charge on any atom is 0.106 e. The lowest BCUT2D eigenvalue weighted by molar-refractivity contribution is 0.535. The molecule has 0 saturated heterocycles. The van der Waals surface area contributed by atoms with Gasteiger partial charge in [-0.2, -0.15) is 0 Å².